The van der Waals surface area contributed by atoms with E-state index in [2.05, 4.69) is 4.98 Å². The molecule has 0 amide bonds. The normalized spacial score (nSPS) is 10.9. The standard InChI is InChI=1S/C18H11N3O4/c22-18-12-6-1-2-7-13(12)19-17(16-10-5-11-25-16)20(18)14-8-3-4-9-15(14)21(23)24/h1-11H. The van der Waals surface area contributed by atoms with Crippen molar-refractivity contribution in [3.05, 3.63) is 87.4 Å². The summed E-state index contributed by atoms with van der Waals surface area (Å²) < 4.78 is 6.62. The number of aromatic nitrogens is 2. The zero-order chi connectivity index (χ0) is 17.4. The number of fused-ring (bicyclic) bond motifs is 1. The summed E-state index contributed by atoms with van der Waals surface area (Å²) in [6.45, 7) is 0. The summed E-state index contributed by atoms with van der Waals surface area (Å²) in [5, 5.41) is 11.8. The third kappa shape index (κ3) is 2.38. The number of rotatable bonds is 3. The van der Waals surface area contributed by atoms with Crippen molar-refractivity contribution >= 4 is 16.6 Å². The first-order valence-electron chi connectivity index (χ1n) is 7.46. The average molecular weight is 333 g/mol. The van der Waals surface area contributed by atoms with Crippen molar-refractivity contribution in [1.82, 2.24) is 9.55 Å². The zero-order valence-corrected chi connectivity index (χ0v) is 12.8. The fraction of sp³-hybridized carbons (Fsp3) is 0. The van der Waals surface area contributed by atoms with Crippen LogP contribution in [-0.4, -0.2) is 14.5 Å². The monoisotopic (exact) mass is 333 g/mol. The molecule has 0 fully saturated rings. The number of nitrogens with zero attached hydrogens (tertiary/aromatic N) is 3. The second-order valence-corrected chi connectivity index (χ2v) is 5.32. The molecule has 0 spiro atoms. The van der Waals surface area contributed by atoms with Gasteiger partial charge >= 0.3 is 0 Å². The fourth-order valence-corrected chi connectivity index (χ4v) is 2.73. The number of para-hydroxylation sites is 3. The van der Waals surface area contributed by atoms with Crippen molar-refractivity contribution in [2.45, 2.75) is 0 Å². The number of benzene rings is 2. The van der Waals surface area contributed by atoms with E-state index in [0.29, 0.717) is 16.7 Å². The van der Waals surface area contributed by atoms with Crippen molar-refractivity contribution in [3.8, 4) is 17.3 Å². The summed E-state index contributed by atoms with van der Waals surface area (Å²) in [5.41, 5.74) is 0.0525. The lowest BCUT2D eigenvalue weighted by Gasteiger charge is -2.12. The zero-order valence-electron chi connectivity index (χ0n) is 12.8. The van der Waals surface area contributed by atoms with Crippen molar-refractivity contribution in [2.24, 2.45) is 0 Å². The minimum atomic E-state index is -0.525. The molecule has 0 unspecified atom stereocenters. The quantitative estimate of drug-likeness (QED) is 0.422. The highest BCUT2D eigenvalue weighted by molar-refractivity contribution is 5.80. The summed E-state index contributed by atoms with van der Waals surface area (Å²) in [6.07, 6.45) is 1.46. The van der Waals surface area contributed by atoms with Crippen LogP contribution in [0.5, 0.6) is 0 Å². The molecule has 0 bridgehead atoms. The van der Waals surface area contributed by atoms with E-state index in [1.54, 1.807) is 48.5 Å². The van der Waals surface area contributed by atoms with Crippen LogP contribution in [-0.2, 0) is 0 Å². The van der Waals surface area contributed by atoms with Crippen molar-refractivity contribution < 1.29 is 9.34 Å². The molecule has 122 valence electrons. The van der Waals surface area contributed by atoms with Gasteiger partial charge in [-0.1, -0.05) is 24.3 Å². The van der Waals surface area contributed by atoms with Crippen LogP contribution in [0, 0.1) is 10.1 Å². The van der Waals surface area contributed by atoms with Crippen LogP contribution in [0.3, 0.4) is 0 Å². The van der Waals surface area contributed by atoms with Gasteiger partial charge in [0.1, 0.15) is 5.69 Å². The summed E-state index contributed by atoms with van der Waals surface area (Å²) in [5.74, 6) is 0.559. The Morgan fingerprint density at radius 1 is 1.00 bits per heavy atom. The van der Waals surface area contributed by atoms with Gasteiger partial charge in [-0.25, -0.2) is 4.98 Å². The van der Waals surface area contributed by atoms with Gasteiger partial charge in [0.15, 0.2) is 11.6 Å². The lowest BCUT2D eigenvalue weighted by Crippen LogP contribution is -2.22. The number of nitro groups is 1. The second-order valence-electron chi connectivity index (χ2n) is 5.32. The van der Waals surface area contributed by atoms with E-state index in [4.69, 9.17) is 4.42 Å². The number of furan rings is 1. The van der Waals surface area contributed by atoms with Crippen LogP contribution in [0.2, 0.25) is 0 Å². The molecule has 2 aromatic carbocycles. The Morgan fingerprint density at radius 2 is 1.76 bits per heavy atom. The van der Waals surface area contributed by atoms with Crippen LogP contribution in [0.25, 0.3) is 28.2 Å². The maximum absolute atomic E-state index is 13.1. The molecule has 4 rings (SSSR count). The van der Waals surface area contributed by atoms with Gasteiger partial charge in [0.25, 0.3) is 11.2 Å². The SMILES string of the molecule is O=c1c2ccccc2nc(-c2ccco2)n1-c1ccccc1[N+](=O)[O-]. The van der Waals surface area contributed by atoms with Gasteiger partial charge in [0.05, 0.1) is 22.1 Å². The van der Waals surface area contributed by atoms with Crippen molar-refractivity contribution in [1.29, 1.82) is 0 Å². The molecule has 7 nitrogen and oxygen atoms in total. The van der Waals surface area contributed by atoms with Gasteiger partial charge < -0.3 is 4.42 Å². The average Bonchev–Trinajstić information content (AvgIpc) is 3.16. The second kappa shape index (κ2) is 5.72. The molecule has 0 atom stereocenters. The predicted molar refractivity (Wildman–Crippen MR) is 91.7 cm³/mol. The highest BCUT2D eigenvalue weighted by atomic mass is 16.6. The molecule has 2 heterocycles. The Morgan fingerprint density at radius 3 is 2.52 bits per heavy atom. The third-order valence-electron chi connectivity index (χ3n) is 3.84. The van der Waals surface area contributed by atoms with Crippen LogP contribution in [0.1, 0.15) is 0 Å². The van der Waals surface area contributed by atoms with Gasteiger partial charge in [-0.15, -0.1) is 0 Å². The first kappa shape index (κ1) is 14.8. The molecule has 0 saturated heterocycles. The molecule has 0 radical (unpaired) electrons. The largest absolute Gasteiger partial charge is 0.461 e. The maximum Gasteiger partial charge on any atom is 0.293 e. The molecule has 0 N–H and O–H groups in total. The number of hydrogen-bond acceptors (Lipinski definition) is 5. The van der Waals surface area contributed by atoms with Crippen molar-refractivity contribution in [3.63, 3.8) is 0 Å². The van der Waals surface area contributed by atoms with Crippen molar-refractivity contribution in [2.75, 3.05) is 0 Å². The van der Waals surface area contributed by atoms with E-state index in [-0.39, 0.29) is 17.2 Å². The highest BCUT2D eigenvalue weighted by Gasteiger charge is 2.22. The van der Waals surface area contributed by atoms with E-state index in [9.17, 15) is 14.9 Å². The molecule has 2 aromatic heterocycles. The molecule has 0 aliphatic heterocycles. The predicted octanol–water partition coefficient (Wildman–Crippen LogP) is 3.55. The van der Waals surface area contributed by atoms with E-state index < -0.39 is 10.5 Å². The Hall–Kier alpha value is -3.74. The molecule has 0 saturated carbocycles. The van der Waals surface area contributed by atoms with Gasteiger partial charge in [-0.3, -0.25) is 19.5 Å². The Bertz CT molecular complexity index is 1150. The van der Waals surface area contributed by atoms with E-state index >= 15 is 0 Å². The minimum absolute atomic E-state index is 0.141. The lowest BCUT2D eigenvalue weighted by atomic mass is 10.2. The molecule has 7 heteroatoms. The third-order valence-corrected chi connectivity index (χ3v) is 3.84. The molecule has 4 aromatic rings. The number of nitro benzene ring substituents is 1. The topological polar surface area (TPSA) is 91.2 Å². The first-order chi connectivity index (χ1) is 12.2. The van der Waals surface area contributed by atoms with Crippen LogP contribution in [0.15, 0.2) is 76.1 Å². The Balaban J connectivity index is 2.17. The van der Waals surface area contributed by atoms with Crippen LogP contribution < -0.4 is 5.56 Å². The van der Waals surface area contributed by atoms with E-state index in [0.717, 1.165) is 0 Å². The lowest BCUT2D eigenvalue weighted by molar-refractivity contribution is -0.384. The Labute approximate surface area is 140 Å². The summed E-state index contributed by atoms with van der Waals surface area (Å²) in [7, 11) is 0. The molecule has 0 aliphatic rings. The summed E-state index contributed by atoms with van der Waals surface area (Å²) in [4.78, 5) is 28.5. The van der Waals surface area contributed by atoms with Crippen LogP contribution >= 0.6 is 0 Å². The maximum atomic E-state index is 13.1. The van der Waals surface area contributed by atoms with Gasteiger partial charge in [0.2, 0.25) is 0 Å². The Kier molecular flexibility index (Phi) is 3.39. The fourth-order valence-electron chi connectivity index (χ4n) is 2.73. The summed E-state index contributed by atoms with van der Waals surface area (Å²) in [6, 6.07) is 16.2. The molecule has 0 aliphatic carbocycles. The van der Waals surface area contributed by atoms with Gasteiger partial charge in [0, 0.05) is 6.07 Å². The van der Waals surface area contributed by atoms with Crippen LogP contribution in [0.4, 0.5) is 5.69 Å². The molecule has 25 heavy (non-hydrogen) atoms. The minimum Gasteiger partial charge on any atom is -0.461 e. The number of hydrogen-bond donors (Lipinski definition) is 0. The van der Waals surface area contributed by atoms with Gasteiger partial charge in [-0.05, 0) is 30.3 Å². The van der Waals surface area contributed by atoms with E-state index in [1.165, 1.54) is 23.0 Å². The smallest absolute Gasteiger partial charge is 0.293 e. The highest BCUT2D eigenvalue weighted by Crippen LogP contribution is 2.27. The summed E-state index contributed by atoms with van der Waals surface area (Å²) >= 11 is 0. The van der Waals surface area contributed by atoms with Gasteiger partial charge in [-0.2, -0.15) is 0 Å². The first-order valence-corrected chi connectivity index (χ1v) is 7.46. The molecular formula is C18H11N3O4. The van der Waals surface area contributed by atoms with E-state index in [1.807, 2.05) is 0 Å². The molecular weight excluding hydrogens is 322 g/mol.